The number of hydrogen-bond acceptors (Lipinski definition) is 5. The van der Waals surface area contributed by atoms with Gasteiger partial charge in [-0.2, -0.15) is 5.10 Å². The fourth-order valence-electron chi connectivity index (χ4n) is 3.89. The van der Waals surface area contributed by atoms with Crippen LogP contribution < -0.4 is 5.32 Å². The average Bonchev–Trinajstić information content (AvgIpc) is 3.10. The molecule has 3 heterocycles. The van der Waals surface area contributed by atoms with E-state index < -0.39 is 0 Å². The predicted molar refractivity (Wildman–Crippen MR) is 115 cm³/mol. The normalized spacial score (nSPS) is 18.0. The second kappa shape index (κ2) is 8.19. The van der Waals surface area contributed by atoms with E-state index in [9.17, 15) is 9.18 Å². The molecule has 4 rings (SSSR count). The van der Waals surface area contributed by atoms with E-state index in [-0.39, 0.29) is 23.4 Å². The SMILES string of the molecule is Cc1cnc(-n2ncc(C(=O)N[C@@H]3CCOC(C)(C)C3)c2C)nc1-c1ccc(F)cc1. The molecule has 1 N–H and O–H groups in total. The third-order valence-corrected chi connectivity index (χ3v) is 5.55. The predicted octanol–water partition coefficient (Wildman–Crippen LogP) is 3.77. The Labute approximate surface area is 180 Å². The molecule has 0 saturated carbocycles. The maximum atomic E-state index is 13.3. The van der Waals surface area contributed by atoms with Gasteiger partial charge in [0.15, 0.2) is 0 Å². The van der Waals surface area contributed by atoms with E-state index in [4.69, 9.17) is 4.74 Å². The minimum absolute atomic E-state index is 0.0553. The molecule has 2 aromatic heterocycles. The lowest BCUT2D eigenvalue weighted by Gasteiger charge is -2.35. The van der Waals surface area contributed by atoms with Crippen LogP contribution in [0.2, 0.25) is 0 Å². The van der Waals surface area contributed by atoms with Gasteiger partial charge >= 0.3 is 0 Å². The van der Waals surface area contributed by atoms with Crippen LogP contribution in [0.1, 0.15) is 48.3 Å². The molecule has 3 aromatic rings. The van der Waals surface area contributed by atoms with Crippen LogP contribution >= 0.6 is 0 Å². The van der Waals surface area contributed by atoms with Gasteiger partial charge in [-0.15, -0.1) is 0 Å². The summed E-state index contributed by atoms with van der Waals surface area (Å²) in [4.78, 5) is 21.9. The Bertz CT molecular complexity index is 1110. The molecule has 31 heavy (non-hydrogen) atoms. The van der Waals surface area contributed by atoms with Gasteiger partial charge in [0.05, 0.1) is 28.7 Å². The van der Waals surface area contributed by atoms with Crippen molar-refractivity contribution in [2.75, 3.05) is 6.61 Å². The lowest BCUT2D eigenvalue weighted by Crippen LogP contribution is -2.45. The van der Waals surface area contributed by atoms with E-state index >= 15 is 0 Å². The van der Waals surface area contributed by atoms with Gasteiger partial charge < -0.3 is 10.1 Å². The highest BCUT2D eigenvalue weighted by atomic mass is 19.1. The number of hydrogen-bond donors (Lipinski definition) is 1. The van der Waals surface area contributed by atoms with Crippen molar-refractivity contribution in [2.45, 2.75) is 52.2 Å². The van der Waals surface area contributed by atoms with Gasteiger partial charge in [-0.1, -0.05) is 0 Å². The van der Waals surface area contributed by atoms with Crippen LogP contribution in [-0.4, -0.2) is 43.9 Å². The molecule has 0 unspecified atom stereocenters. The second-order valence-electron chi connectivity index (χ2n) is 8.54. The van der Waals surface area contributed by atoms with Crippen LogP contribution in [0.4, 0.5) is 4.39 Å². The van der Waals surface area contributed by atoms with Crippen molar-refractivity contribution in [1.29, 1.82) is 0 Å². The van der Waals surface area contributed by atoms with Gasteiger partial charge in [0, 0.05) is 24.4 Å². The summed E-state index contributed by atoms with van der Waals surface area (Å²) in [6.07, 6.45) is 4.78. The Morgan fingerprint density at radius 3 is 2.68 bits per heavy atom. The van der Waals surface area contributed by atoms with Crippen molar-refractivity contribution < 1.29 is 13.9 Å². The van der Waals surface area contributed by atoms with E-state index in [0.717, 1.165) is 24.0 Å². The highest BCUT2D eigenvalue weighted by Crippen LogP contribution is 2.25. The smallest absolute Gasteiger partial charge is 0.254 e. The van der Waals surface area contributed by atoms with Gasteiger partial charge in [-0.25, -0.2) is 19.0 Å². The first-order valence-corrected chi connectivity index (χ1v) is 10.3. The number of amides is 1. The first kappa shape index (κ1) is 21.1. The molecule has 162 valence electrons. The topological polar surface area (TPSA) is 81.9 Å². The molecule has 7 nitrogen and oxygen atoms in total. The lowest BCUT2D eigenvalue weighted by atomic mass is 9.94. The third-order valence-electron chi connectivity index (χ3n) is 5.55. The zero-order valence-corrected chi connectivity index (χ0v) is 18.1. The van der Waals surface area contributed by atoms with Crippen molar-refractivity contribution in [3.05, 3.63) is 59.3 Å². The molecule has 1 amide bonds. The molecule has 0 bridgehead atoms. The number of nitrogens with zero attached hydrogens (tertiary/aromatic N) is 4. The Morgan fingerprint density at radius 2 is 1.97 bits per heavy atom. The maximum absolute atomic E-state index is 13.3. The van der Waals surface area contributed by atoms with Crippen LogP contribution in [-0.2, 0) is 4.74 Å². The third kappa shape index (κ3) is 4.49. The van der Waals surface area contributed by atoms with Crippen LogP contribution in [0.25, 0.3) is 17.2 Å². The van der Waals surface area contributed by atoms with Crippen LogP contribution in [0.15, 0.2) is 36.7 Å². The summed E-state index contributed by atoms with van der Waals surface area (Å²) < 4.78 is 20.6. The molecular formula is C23H26FN5O2. The van der Waals surface area contributed by atoms with Crippen molar-refractivity contribution in [1.82, 2.24) is 25.1 Å². The summed E-state index contributed by atoms with van der Waals surface area (Å²) in [6.45, 7) is 8.40. The minimum atomic E-state index is -0.304. The van der Waals surface area contributed by atoms with Crippen molar-refractivity contribution >= 4 is 5.91 Å². The van der Waals surface area contributed by atoms with Crippen molar-refractivity contribution in [3.8, 4) is 17.2 Å². The summed E-state index contributed by atoms with van der Waals surface area (Å²) in [5.41, 5.74) is 3.22. The number of ether oxygens (including phenoxy) is 1. The molecule has 1 saturated heterocycles. The zero-order chi connectivity index (χ0) is 22.2. The summed E-state index contributed by atoms with van der Waals surface area (Å²) in [5.74, 6) is -0.117. The number of rotatable bonds is 4. The van der Waals surface area contributed by atoms with Gasteiger partial charge in [0.2, 0.25) is 0 Å². The van der Waals surface area contributed by atoms with E-state index in [1.165, 1.54) is 18.3 Å². The van der Waals surface area contributed by atoms with Crippen molar-refractivity contribution in [3.63, 3.8) is 0 Å². The standard InChI is InChI=1S/C23H26FN5O2/c1-14-12-25-22(28-20(14)16-5-7-17(24)8-6-16)29-15(2)19(13-26-29)21(30)27-18-9-10-31-23(3,4)11-18/h5-8,12-13,18H,9-11H2,1-4H3,(H,27,30)/t18-/m1/s1. The van der Waals surface area contributed by atoms with Gasteiger partial charge in [0.1, 0.15) is 5.82 Å². The van der Waals surface area contributed by atoms with E-state index in [0.29, 0.717) is 29.5 Å². The number of carbonyl (C=O) groups excluding carboxylic acids is 1. The summed E-state index contributed by atoms with van der Waals surface area (Å²) in [7, 11) is 0. The molecule has 0 spiro atoms. The summed E-state index contributed by atoms with van der Waals surface area (Å²) in [6, 6.07) is 6.21. The van der Waals surface area contributed by atoms with E-state index in [2.05, 4.69) is 20.4 Å². The first-order chi connectivity index (χ1) is 14.7. The average molecular weight is 423 g/mol. The molecule has 1 aliphatic rings. The van der Waals surface area contributed by atoms with E-state index in [1.54, 1.807) is 23.0 Å². The molecule has 1 atom stereocenters. The number of carbonyl (C=O) groups is 1. The van der Waals surface area contributed by atoms with Crippen LogP contribution in [0, 0.1) is 19.7 Å². The number of nitrogens with one attached hydrogen (secondary N) is 1. The zero-order valence-electron chi connectivity index (χ0n) is 18.1. The molecule has 1 aromatic carbocycles. The monoisotopic (exact) mass is 423 g/mol. The fourth-order valence-corrected chi connectivity index (χ4v) is 3.89. The number of halogens is 1. The van der Waals surface area contributed by atoms with Gasteiger partial charge in [-0.3, -0.25) is 4.79 Å². The van der Waals surface area contributed by atoms with Crippen LogP contribution in [0.3, 0.4) is 0 Å². The van der Waals surface area contributed by atoms with Crippen molar-refractivity contribution in [2.24, 2.45) is 0 Å². The molecule has 1 aliphatic heterocycles. The van der Waals surface area contributed by atoms with E-state index in [1.807, 2.05) is 27.7 Å². The van der Waals surface area contributed by atoms with Crippen LogP contribution in [0.5, 0.6) is 0 Å². The highest BCUT2D eigenvalue weighted by Gasteiger charge is 2.30. The summed E-state index contributed by atoms with van der Waals surface area (Å²) >= 11 is 0. The largest absolute Gasteiger partial charge is 0.375 e. The second-order valence-corrected chi connectivity index (χ2v) is 8.54. The number of benzene rings is 1. The Balaban J connectivity index is 1.59. The minimum Gasteiger partial charge on any atom is -0.375 e. The van der Waals surface area contributed by atoms with Gasteiger partial charge in [0.25, 0.3) is 11.9 Å². The van der Waals surface area contributed by atoms with Gasteiger partial charge in [-0.05, 0) is 70.4 Å². The Hall–Kier alpha value is -3.13. The number of aromatic nitrogens is 4. The number of aryl methyl sites for hydroxylation is 1. The molecule has 0 radical (unpaired) electrons. The Kier molecular flexibility index (Phi) is 5.58. The Morgan fingerprint density at radius 1 is 1.23 bits per heavy atom. The summed E-state index contributed by atoms with van der Waals surface area (Å²) in [5, 5.41) is 7.45. The first-order valence-electron chi connectivity index (χ1n) is 10.3. The molecule has 8 heteroatoms. The molecule has 0 aliphatic carbocycles. The highest BCUT2D eigenvalue weighted by molar-refractivity contribution is 5.95. The quantitative estimate of drug-likeness (QED) is 0.691. The molecule has 1 fully saturated rings. The fraction of sp³-hybridized carbons (Fsp3) is 0.391. The maximum Gasteiger partial charge on any atom is 0.254 e. The molecular weight excluding hydrogens is 397 g/mol. The lowest BCUT2D eigenvalue weighted by molar-refractivity contribution is -0.0615.